The van der Waals surface area contributed by atoms with E-state index in [2.05, 4.69) is 17.2 Å². The van der Waals surface area contributed by atoms with Gasteiger partial charge in [0, 0.05) is 6.20 Å². The summed E-state index contributed by atoms with van der Waals surface area (Å²) in [5, 5.41) is 0. The van der Waals surface area contributed by atoms with Crippen LogP contribution in [0.1, 0.15) is 17.5 Å². The second-order valence-electron chi connectivity index (χ2n) is 2.41. The van der Waals surface area contributed by atoms with Gasteiger partial charge in [-0.1, -0.05) is 0 Å². The van der Waals surface area contributed by atoms with E-state index in [0.29, 0.717) is 0 Å². The molecule has 0 fully saturated rings. The van der Waals surface area contributed by atoms with Crippen LogP contribution >= 0.6 is 0 Å². The monoisotopic (exact) mass is 118 g/mol. The molecule has 0 bridgehead atoms. The number of rotatable bonds is 0. The Balaban J connectivity index is 2.54. The largest absolute Gasteiger partial charge is 0.254 e. The van der Waals surface area contributed by atoms with E-state index in [4.69, 9.17) is 0 Å². The molecule has 1 aliphatic rings. The fourth-order valence-electron chi connectivity index (χ4n) is 1.32. The lowest BCUT2D eigenvalue weighted by atomic mass is 10.2. The van der Waals surface area contributed by atoms with E-state index in [9.17, 15) is 0 Å². The number of nitrogens with zero attached hydrogens (tertiary/aromatic N) is 1. The highest BCUT2D eigenvalue weighted by atomic mass is 14.6. The summed E-state index contributed by atoms with van der Waals surface area (Å²) in [5.74, 6) is 0. The summed E-state index contributed by atoms with van der Waals surface area (Å²) in [6, 6.07) is 2.10. The zero-order chi connectivity index (χ0) is 6.10. The molecule has 0 atom stereocenters. The molecule has 0 N–H and O–H groups in total. The Kier molecular flexibility index (Phi) is 1.01. The van der Waals surface area contributed by atoms with Gasteiger partial charge in [-0.2, -0.15) is 0 Å². The molecule has 0 unspecified atom stereocenters. The van der Waals surface area contributed by atoms with Gasteiger partial charge in [-0.05, 0) is 36.5 Å². The molecule has 45 valence electrons. The van der Waals surface area contributed by atoms with Crippen molar-refractivity contribution in [3.63, 3.8) is 0 Å². The highest BCUT2D eigenvalue weighted by Crippen LogP contribution is 2.18. The quantitative estimate of drug-likeness (QED) is 0.501. The van der Waals surface area contributed by atoms with Crippen LogP contribution in [0, 0.1) is 6.20 Å². The van der Waals surface area contributed by atoms with Crippen molar-refractivity contribution < 1.29 is 0 Å². The average molecular weight is 118 g/mol. The van der Waals surface area contributed by atoms with Crippen LogP contribution in [0.3, 0.4) is 0 Å². The van der Waals surface area contributed by atoms with E-state index in [-0.39, 0.29) is 0 Å². The minimum atomic E-state index is 1.18. The molecule has 2 rings (SSSR count). The number of aryl methyl sites for hydroxylation is 2. The number of pyridine rings is 1. The molecule has 1 aromatic rings. The molecule has 9 heavy (non-hydrogen) atoms. The first-order chi connectivity index (χ1) is 4.47. The zero-order valence-corrected chi connectivity index (χ0v) is 5.22. The molecule has 1 heterocycles. The number of hydrogen-bond donors (Lipinski definition) is 0. The van der Waals surface area contributed by atoms with Gasteiger partial charge in [-0.3, -0.25) is 4.98 Å². The standard InChI is InChI=1S/C8H8N/c1-2-7-4-5-9-6-8(7)3-1/h4-5H,1-3H2. The average Bonchev–Trinajstić information content (AvgIpc) is 2.33. The van der Waals surface area contributed by atoms with Crippen LogP contribution in [0.15, 0.2) is 12.3 Å². The molecule has 0 saturated heterocycles. The van der Waals surface area contributed by atoms with Crippen LogP contribution in [0.5, 0.6) is 0 Å². The van der Waals surface area contributed by atoms with E-state index in [1.165, 1.54) is 30.4 Å². The number of aromatic nitrogens is 1. The van der Waals surface area contributed by atoms with Crippen molar-refractivity contribution >= 4 is 0 Å². The molecule has 1 heteroatoms. The first-order valence-electron chi connectivity index (χ1n) is 3.31. The van der Waals surface area contributed by atoms with Crippen molar-refractivity contribution in [2.45, 2.75) is 19.3 Å². The highest BCUT2D eigenvalue weighted by molar-refractivity contribution is 5.26. The molecule has 0 amide bonds. The van der Waals surface area contributed by atoms with E-state index < -0.39 is 0 Å². The second kappa shape index (κ2) is 1.83. The van der Waals surface area contributed by atoms with Crippen molar-refractivity contribution in [1.29, 1.82) is 0 Å². The zero-order valence-electron chi connectivity index (χ0n) is 5.22. The molecular formula is C8H8N. The predicted molar refractivity (Wildman–Crippen MR) is 35.1 cm³/mol. The van der Waals surface area contributed by atoms with Crippen molar-refractivity contribution in [3.8, 4) is 0 Å². The van der Waals surface area contributed by atoms with Crippen molar-refractivity contribution in [2.75, 3.05) is 0 Å². The molecular weight excluding hydrogens is 110 g/mol. The summed E-state index contributed by atoms with van der Waals surface area (Å²) in [5.41, 5.74) is 2.78. The molecule has 0 aromatic carbocycles. The van der Waals surface area contributed by atoms with Gasteiger partial charge in [0.05, 0.1) is 6.20 Å². The first-order valence-corrected chi connectivity index (χ1v) is 3.31. The third-order valence-corrected chi connectivity index (χ3v) is 1.81. The second-order valence-corrected chi connectivity index (χ2v) is 2.41. The van der Waals surface area contributed by atoms with Crippen LogP contribution in [0.4, 0.5) is 0 Å². The van der Waals surface area contributed by atoms with E-state index in [1.54, 1.807) is 0 Å². The minimum Gasteiger partial charge on any atom is -0.254 e. The van der Waals surface area contributed by atoms with Gasteiger partial charge in [-0.15, -0.1) is 0 Å². The first kappa shape index (κ1) is 4.98. The third-order valence-electron chi connectivity index (χ3n) is 1.81. The van der Waals surface area contributed by atoms with Gasteiger partial charge in [-0.25, -0.2) is 0 Å². The summed E-state index contributed by atoms with van der Waals surface area (Å²) in [6.07, 6.45) is 8.53. The Labute approximate surface area is 54.7 Å². The predicted octanol–water partition coefficient (Wildman–Crippen LogP) is 1.37. The Hall–Kier alpha value is -0.850. The van der Waals surface area contributed by atoms with E-state index >= 15 is 0 Å². The molecule has 0 aliphatic heterocycles. The topological polar surface area (TPSA) is 12.9 Å². The van der Waals surface area contributed by atoms with Crippen LogP contribution in [0.2, 0.25) is 0 Å². The van der Waals surface area contributed by atoms with Gasteiger partial charge >= 0.3 is 0 Å². The SMILES string of the molecule is [c]1nccc2c1CCC2. The highest BCUT2D eigenvalue weighted by Gasteiger charge is 2.08. The Bertz CT molecular complexity index is 195. The van der Waals surface area contributed by atoms with Crippen LogP contribution < -0.4 is 0 Å². The fourth-order valence-corrected chi connectivity index (χ4v) is 1.32. The number of fused-ring (bicyclic) bond motifs is 1. The summed E-state index contributed by atoms with van der Waals surface area (Å²) in [4.78, 5) is 3.93. The normalized spacial score (nSPS) is 15.6. The Morgan fingerprint density at radius 2 is 2.44 bits per heavy atom. The van der Waals surface area contributed by atoms with Gasteiger partial charge < -0.3 is 0 Å². The van der Waals surface area contributed by atoms with Crippen molar-refractivity contribution in [1.82, 2.24) is 4.98 Å². The summed E-state index contributed by atoms with van der Waals surface area (Å²) >= 11 is 0. The molecule has 1 aliphatic carbocycles. The van der Waals surface area contributed by atoms with Gasteiger partial charge in [0.1, 0.15) is 0 Å². The van der Waals surface area contributed by atoms with Crippen LogP contribution in [-0.4, -0.2) is 4.98 Å². The van der Waals surface area contributed by atoms with Crippen LogP contribution in [-0.2, 0) is 12.8 Å². The molecule has 1 radical (unpaired) electrons. The van der Waals surface area contributed by atoms with Gasteiger partial charge in [0.15, 0.2) is 0 Å². The summed E-state index contributed by atoms with van der Waals surface area (Å²) in [7, 11) is 0. The molecule has 0 spiro atoms. The lowest BCUT2D eigenvalue weighted by molar-refractivity contribution is 0.910. The van der Waals surface area contributed by atoms with E-state index in [0.717, 1.165) is 0 Å². The lowest BCUT2D eigenvalue weighted by Crippen LogP contribution is -1.81. The Morgan fingerprint density at radius 1 is 1.44 bits per heavy atom. The van der Waals surface area contributed by atoms with Gasteiger partial charge in [0.25, 0.3) is 0 Å². The van der Waals surface area contributed by atoms with Crippen molar-refractivity contribution in [3.05, 3.63) is 29.6 Å². The molecule has 1 nitrogen and oxygen atoms in total. The summed E-state index contributed by atoms with van der Waals surface area (Å²) < 4.78 is 0. The maximum absolute atomic E-state index is 3.93. The maximum atomic E-state index is 3.93. The lowest BCUT2D eigenvalue weighted by Gasteiger charge is -1.91. The van der Waals surface area contributed by atoms with Crippen LogP contribution in [0.25, 0.3) is 0 Å². The Morgan fingerprint density at radius 3 is 3.33 bits per heavy atom. The molecule has 0 saturated carbocycles. The third kappa shape index (κ3) is 0.727. The minimum absolute atomic E-state index is 1.18. The smallest absolute Gasteiger partial charge is 0.0923 e. The number of hydrogen-bond acceptors (Lipinski definition) is 1. The maximum Gasteiger partial charge on any atom is 0.0923 e. The van der Waals surface area contributed by atoms with E-state index in [1.807, 2.05) is 6.20 Å². The molecule has 1 aromatic heterocycles. The van der Waals surface area contributed by atoms with Gasteiger partial charge in [0.2, 0.25) is 0 Å². The summed E-state index contributed by atoms with van der Waals surface area (Å²) in [6.45, 7) is 0. The fraction of sp³-hybridized carbons (Fsp3) is 0.375. The van der Waals surface area contributed by atoms with Crippen molar-refractivity contribution in [2.24, 2.45) is 0 Å².